The fourth-order valence-electron chi connectivity index (χ4n) is 2.49. The van der Waals surface area contributed by atoms with Crippen molar-refractivity contribution >= 4 is 17.7 Å². The van der Waals surface area contributed by atoms with Crippen molar-refractivity contribution in [3.8, 4) is 0 Å². The average Bonchev–Trinajstić information content (AvgIpc) is 2.88. The predicted octanol–water partition coefficient (Wildman–Crippen LogP) is 1.26. The number of amides is 1. The van der Waals surface area contributed by atoms with Gasteiger partial charge in [0.2, 0.25) is 11.9 Å². The molecule has 0 bridgehead atoms. The highest BCUT2D eigenvalue weighted by molar-refractivity contribution is 5.83. The largest absolute Gasteiger partial charge is 0.359 e. The van der Waals surface area contributed by atoms with Crippen molar-refractivity contribution in [3.05, 3.63) is 12.3 Å². The molecule has 1 aromatic rings. The van der Waals surface area contributed by atoms with E-state index >= 15 is 0 Å². The van der Waals surface area contributed by atoms with E-state index in [4.69, 9.17) is 0 Å². The first-order valence-electron chi connectivity index (χ1n) is 7.13. The standard InChI is InChI=1S/C14H23N5O/c1-4-7-16-13-17-8-5-11(18-13)19-9-6-14(2,10-19)12(20)15-3/h5,8H,4,6-7,9-10H2,1-3H3,(H,15,20)(H,16,17,18). The monoisotopic (exact) mass is 277 g/mol. The first-order valence-corrected chi connectivity index (χ1v) is 7.13. The van der Waals surface area contributed by atoms with Gasteiger partial charge in [0, 0.05) is 32.9 Å². The molecule has 0 aliphatic carbocycles. The molecule has 2 N–H and O–H groups in total. The van der Waals surface area contributed by atoms with Gasteiger partial charge in [-0.05, 0) is 25.8 Å². The van der Waals surface area contributed by atoms with E-state index in [0.717, 1.165) is 31.7 Å². The van der Waals surface area contributed by atoms with Crippen LogP contribution in [0, 0.1) is 5.41 Å². The van der Waals surface area contributed by atoms with Gasteiger partial charge in [-0.2, -0.15) is 4.98 Å². The lowest BCUT2D eigenvalue weighted by molar-refractivity contribution is -0.128. The smallest absolute Gasteiger partial charge is 0.227 e. The number of anilines is 2. The molecule has 0 spiro atoms. The quantitative estimate of drug-likeness (QED) is 0.848. The Kier molecular flexibility index (Phi) is 4.42. The molecule has 1 amide bonds. The highest BCUT2D eigenvalue weighted by Gasteiger charge is 2.40. The van der Waals surface area contributed by atoms with Crippen LogP contribution in [0.5, 0.6) is 0 Å². The molecule has 0 saturated carbocycles. The van der Waals surface area contributed by atoms with Crippen LogP contribution in [0.3, 0.4) is 0 Å². The minimum absolute atomic E-state index is 0.0957. The molecule has 6 heteroatoms. The lowest BCUT2D eigenvalue weighted by atomic mass is 9.89. The zero-order valence-corrected chi connectivity index (χ0v) is 12.4. The normalized spacial score (nSPS) is 21.9. The number of carbonyl (C=O) groups is 1. The highest BCUT2D eigenvalue weighted by Crippen LogP contribution is 2.32. The van der Waals surface area contributed by atoms with Gasteiger partial charge in [0.05, 0.1) is 5.41 Å². The highest BCUT2D eigenvalue weighted by atomic mass is 16.2. The molecule has 1 fully saturated rings. The van der Waals surface area contributed by atoms with E-state index in [0.29, 0.717) is 12.5 Å². The van der Waals surface area contributed by atoms with E-state index in [1.54, 1.807) is 13.2 Å². The lowest BCUT2D eigenvalue weighted by Crippen LogP contribution is -2.39. The Morgan fingerprint density at radius 2 is 2.35 bits per heavy atom. The number of hydrogen-bond acceptors (Lipinski definition) is 5. The van der Waals surface area contributed by atoms with Crippen LogP contribution in [0.25, 0.3) is 0 Å². The molecule has 2 heterocycles. The van der Waals surface area contributed by atoms with Gasteiger partial charge in [-0.15, -0.1) is 0 Å². The van der Waals surface area contributed by atoms with Crippen LogP contribution in [-0.2, 0) is 4.79 Å². The number of nitrogens with zero attached hydrogens (tertiary/aromatic N) is 3. The molecule has 1 aromatic heterocycles. The molecule has 110 valence electrons. The van der Waals surface area contributed by atoms with Gasteiger partial charge in [0.15, 0.2) is 0 Å². The van der Waals surface area contributed by atoms with Crippen LogP contribution < -0.4 is 15.5 Å². The molecule has 1 aliphatic heterocycles. The van der Waals surface area contributed by atoms with Gasteiger partial charge in [-0.25, -0.2) is 4.98 Å². The third kappa shape index (κ3) is 3.00. The summed E-state index contributed by atoms with van der Waals surface area (Å²) in [6.45, 7) is 6.50. The van der Waals surface area contributed by atoms with Gasteiger partial charge < -0.3 is 15.5 Å². The van der Waals surface area contributed by atoms with Crippen LogP contribution in [-0.4, -0.2) is 42.6 Å². The lowest BCUT2D eigenvalue weighted by Gasteiger charge is -2.23. The van der Waals surface area contributed by atoms with Crippen LogP contribution in [0.15, 0.2) is 12.3 Å². The van der Waals surface area contributed by atoms with E-state index < -0.39 is 0 Å². The van der Waals surface area contributed by atoms with Crippen LogP contribution >= 0.6 is 0 Å². The van der Waals surface area contributed by atoms with Crippen LogP contribution in [0.1, 0.15) is 26.7 Å². The summed E-state index contributed by atoms with van der Waals surface area (Å²) in [5.74, 6) is 1.63. The Morgan fingerprint density at radius 1 is 1.55 bits per heavy atom. The predicted molar refractivity (Wildman–Crippen MR) is 79.8 cm³/mol. The Labute approximate surface area is 120 Å². The zero-order chi connectivity index (χ0) is 14.6. The molecule has 0 aromatic carbocycles. The molecular formula is C14H23N5O. The third-order valence-corrected chi connectivity index (χ3v) is 3.75. The van der Waals surface area contributed by atoms with Crippen molar-refractivity contribution in [2.75, 3.05) is 36.9 Å². The van der Waals surface area contributed by atoms with E-state index in [1.165, 1.54) is 0 Å². The van der Waals surface area contributed by atoms with Crippen molar-refractivity contribution in [2.24, 2.45) is 5.41 Å². The van der Waals surface area contributed by atoms with Crippen molar-refractivity contribution < 1.29 is 4.79 Å². The second-order valence-electron chi connectivity index (χ2n) is 5.48. The summed E-state index contributed by atoms with van der Waals surface area (Å²) in [5.41, 5.74) is -0.337. The van der Waals surface area contributed by atoms with Gasteiger partial charge >= 0.3 is 0 Å². The van der Waals surface area contributed by atoms with E-state index in [-0.39, 0.29) is 11.3 Å². The number of hydrogen-bond donors (Lipinski definition) is 2. The molecule has 1 atom stereocenters. The van der Waals surface area contributed by atoms with Crippen molar-refractivity contribution in [3.63, 3.8) is 0 Å². The Hall–Kier alpha value is -1.85. The van der Waals surface area contributed by atoms with E-state index in [9.17, 15) is 4.79 Å². The maximum absolute atomic E-state index is 11.9. The fraction of sp³-hybridized carbons (Fsp3) is 0.643. The molecule has 1 unspecified atom stereocenters. The molecule has 6 nitrogen and oxygen atoms in total. The Bertz CT molecular complexity index is 478. The van der Waals surface area contributed by atoms with Crippen molar-refractivity contribution in [2.45, 2.75) is 26.7 Å². The second kappa shape index (κ2) is 6.07. The maximum atomic E-state index is 11.9. The summed E-state index contributed by atoms with van der Waals surface area (Å²) in [7, 11) is 1.69. The topological polar surface area (TPSA) is 70.2 Å². The number of nitrogens with one attached hydrogen (secondary N) is 2. The Balaban J connectivity index is 2.08. The number of carbonyl (C=O) groups excluding carboxylic acids is 1. The van der Waals surface area contributed by atoms with E-state index in [2.05, 4.69) is 32.4 Å². The second-order valence-corrected chi connectivity index (χ2v) is 5.48. The van der Waals surface area contributed by atoms with Crippen molar-refractivity contribution in [1.29, 1.82) is 0 Å². The first-order chi connectivity index (χ1) is 9.59. The fourth-order valence-corrected chi connectivity index (χ4v) is 2.49. The number of rotatable bonds is 5. The molecular weight excluding hydrogens is 254 g/mol. The summed E-state index contributed by atoms with van der Waals surface area (Å²) < 4.78 is 0. The minimum atomic E-state index is -0.337. The molecule has 2 rings (SSSR count). The summed E-state index contributed by atoms with van der Waals surface area (Å²) in [4.78, 5) is 22.8. The first kappa shape index (κ1) is 14.6. The summed E-state index contributed by atoms with van der Waals surface area (Å²) >= 11 is 0. The average molecular weight is 277 g/mol. The van der Waals surface area contributed by atoms with Gasteiger partial charge in [-0.1, -0.05) is 6.92 Å². The summed E-state index contributed by atoms with van der Waals surface area (Å²) in [6.07, 6.45) is 3.64. The molecule has 1 aliphatic rings. The Morgan fingerprint density at radius 3 is 3.05 bits per heavy atom. The maximum Gasteiger partial charge on any atom is 0.227 e. The van der Waals surface area contributed by atoms with E-state index in [1.807, 2.05) is 13.0 Å². The van der Waals surface area contributed by atoms with Crippen LogP contribution in [0.2, 0.25) is 0 Å². The molecule has 0 radical (unpaired) electrons. The van der Waals surface area contributed by atoms with Gasteiger partial charge in [0.1, 0.15) is 5.82 Å². The summed E-state index contributed by atoms with van der Waals surface area (Å²) in [5, 5.41) is 5.93. The van der Waals surface area contributed by atoms with Gasteiger partial charge in [0.25, 0.3) is 0 Å². The van der Waals surface area contributed by atoms with Crippen LogP contribution in [0.4, 0.5) is 11.8 Å². The zero-order valence-electron chi connectivity index (χ0n) is 12.4. The third-order valence-electron chi connectivity index (χ3n) is 3.75. The van der Waals surface area contributed by atoms with Gasteiger partial charge in [-0.3, -0.25) is 4.79 Å². The van der Waals surface area contributed by atoms with Crippen molar-refractivity contribution in [1.82, 2.24) is 15.3 Å². The number of aromatic nitrogens is 2. The SMILES string of the molecule is CCCNc1nccc(N2CCC(C)(C(=O)NC)C2)n1. The molecule has 20 heavy (non-hydrogen) atoms. The summed E-state index contributed by atoms with van der Waals surface area (Å²) in [6, 6.07) is 1.90. The molecule has 1 saturated heterocycles. The minimum Gasteiger partial charge on any atom is -0.359 e.